The first kappa shape index (κ1) is 33.8. The van der Waals surface area contributed by atoms with Crippen LogP contribution in [0.2, 0.25) is 0 Å². The number of nitrogens with zero attached hydrogens (tertiary/aromatic N) is 4. The lowest BCUT2D eigenvalue weighted by atomic mass is 9.93. The average Bonchev–Trinajstić information content (AvgIpc) is 3.42. The maximum atomic E-state index is 13.9. The zero-order valence-electron chi connectivity index (χ0n) is 27.9. The van der Waals surface area contributed by atoms with Gasteiger partial charge in [-0.3, -0.25) is 19.9 Å². The molecule has 1 unspecified atom stereocenters. The Morgan fingerprint density at radius 1 is 1.15 bits per heavy atom. The number of hydroxylamine groups is 3. The SMILES string of the molecule is Cc1ccc(NC(=O)Nc2sc(C(C)(C)C)cc2C(=O)N2CCN(C)C(=O)C2(C)C)cc1C1=CCC(C[N+]2([O-])CCOCC2)N=C1. The zero-order chi connectivity index (χ0) is 33.4. The van der Waals surface area contributed by atoms with Gasteiger partial charge in [0, 0.05) is 36.9 Å². The molecule has 5 rings (SSSR count). The molecule has 4 amide bonds. The van der Waals surface area contributed by atoms with Crippen LogP contribution in [0.15, 0.2) is 35.3 Å². The first-order valence-corrected chi connectivity index (χ1v) is 16.7. The molecule has 3 aliphatic rings. The number of amides is 4. The summed E-state index contributed by atoms with van der Waals surface area (Å²) in [6.45, 7) is 14.9. The molecule has 1 aromatic carbocycles. The van der Waals surface area contributed by atoms with Crippen molar-refractivity contribution in [1.29, 1.82) is 0 Å². The van der Waals surface area contributed by atoms with Crippen molar-refractivity contribution >= 4 is 51.7 Å². The smallest absolute Gasteiger partial charge is 0.324 e. The molecule has 2 aromatic rings. The van der Waals surface area contributed by atoms with Crippen molar-refractivity contribution in [2.24, 2.45) is 4.99 Å². The topological polar surface area (TPSA) is 126 Å². The highest BCUT2D eigenvalue weighted by molar-refractivity contribution is 7.16. The third-order valence-corrected chi connectivity index (χ3v) is 10.5. The monoisotopic (exact) mass is 650 g/mol. The highest BCUT2D eigenvalue weighted by Crippen LogP contribution is 2.38. The van der Waals surface area contributed by atoms with E-state index >= 15 is 0 Å². The summed E-state index contributed by atoms with van der Waals surface area (Å²) in [7, 11) is 1.74. The van der Waals surface area contributed by atoms with E-state index in [1.165, 1.54) is 11.3 Å². The third kappa shape index (κ3) is 7.20. The number of dihydropyridines is 1. The summed E-state index contributed by atoms with van der Waals surface area (Å²) < 4.78 is 5.09. The van der Waals surface area contributed by atoms with Gasteiger partial charge in [0.25, 0.3) is 5.91 Å². The molecule has 1 atom stereocenters. The lowest BCUT2D eigenvalue weighted by molar-refractivity contribution is -0.889. The number of carbonyl (C=O) groups is 3. The summed E-state index contributed by atoms with van der Waals surface area (Å²) in [5, 5.41) is 19.3. The molecule has 1 aromatic heterocycles. The number of aryl methyl sites for hydroxylation is 1. The van der Waals surface area contributed by atoms with Crippen molar-refractivity contribution in [2.45, 2.75) is 65.0 Å². The second kappa shape index (κ2) is 12.9. The Morgan fingerprint density at radius 2 is 1.87 bits per heavy atom. The van der Waals surface area contributed by atoms with Gasteiger partial charge in [-0.1, -0.05) is 32.9 Å². The lowest BCUT2D eigenvalue weighted by Crippen LogP contribution is -2.63. The van der Waals surface area contributed by atoms with E-state index in [0.717, 1.165) is 21.6 Å². The van der Waals surface area contributed by atoms with E-state index in [0.29, 0.717) is 68.6 Å². The number of anilines is 2. The van der Waals surface area contributed by atoms with Gasteiger partial charge in [-0.05, 0) is 67.5 Å². The molecule has 2 saturated heterocycles. The molecule has 2 N–H and O–H groups in total. The Labute approximate surface area is 275 Å². The van der Waals surface area contributed by atoms with Crippen LogP contribution in [0.1, 0.15) is 67.4 Å². The molecule has 11 nitrogen and oxygen atoms in total. The second-order valence-electron chi connectivity index (χ2n) is 14.1. The van der Waals surface area contributed by atoms with Gasteiger partial charge in [-0.15, -0.1) is 11.3 Å². The predicted molar refractivity (Wildman–Crippen MR) is 184 cm³/mol. The molecule has 4 heterocycles. The minimum Gasteiger partial charge on any atom is -0.633 e. The van der Waals surface area contributed by atoms with Gasteiger partial charge in [0.1, 0.15) is 36.2 Å². The van der Waals surface area contributed by atoms with Gasteiger partial charge in [-0.2, -0.15) is 0 Å². The number of rotatable bonds is 6. The highest BCUT2D eigenvalue weighted by atomic mass is 32.1. The Hall–Kier alpha value is -3.58. The number of urea groups is 1. The van der Waals surface area contributed by atoms with Crippen LogP contribution < -0.4 is 10.6 Å². The highest BCUT2D eigenvalue weighted by Gasteiger charge is 2.44. The van der Waals surface area contributed by atoms with Crippen LogP contribution in [0.25, 0.3) is 5.57 Å². The summed E-state index contributed by atoms with van der Waals surface area (Å²) in [5.74, 6) is -0.409. The van der Waals surface area contributed by atoms with E-state index in [1.54, 1.807) is 30.7 Å². The van der Waals surface area contributed by atoms with Crippen molar-refractivity contribution in [2.75, 3.05) is 63.6 Å². The van der Waals surface area contributed by atoms with Crippen LogP contribution in [0.4, 0.5) is 15.5 Å². The molecule has 3 aliphatic heterocycles. The molecule has 0 radical (unpaired) electrons. The Kier molecular flexibility index (Phi) is 9.47. The van der Waals surface area contributed by atoms with E-state index in [9.17, 15) is 19.6 Å². The number of likely N-dealkylation sites (N-methyl/N-ethyl adjacent to an activating group) is 1. The number of benzene rings is 1. The van der Waals surface area contributed by atoms with E-state index in [-0.39, 0.29) is 27.9 Å². The van der Waals surface area contributed by atoms with Crippen LogP contribution in [0.3, 0.4) is 0 Å². The molecular weight excluding hydrogens is 604 g/mol. The summed E-state index contributed by atoms with van der Waals surface area (Å²) >= 11 is 1.37. The summed E-state index contributed by atoms with van der Waals surface area (Å²) in [6.07, 6.45) is 4.61. The van der Waals surface area contributed by atoms with Gasteiger partial charge in [0.05, 0.1) is 18.8 Å². The molecule has 0 aliphatic carbocycles. The van der Waals surface area contributed by atoms with Crippen molar-refractivity contribution < 1.29 is 23.8 Å². The summed E-state index contributed by atoms with van der Waals surface area (Å²) in [4.78, 5) is 49.1. The fourth-order valence-electron chi connectivity index (χ4n) is 6.11. The fraction of sp³-hybridized carbons (Fsp3) is 0.529. The largest absolute Gasteiger partial charge is 0.633 e. The number of thiophene rings is 1. The lowest BCUT2D eigenvalue weighted by Gasteiger charge is -2.46. The van der Waals surface area contributed by atoms with Crippen LogP contribution in [0, 0.1) is 12.1 Å². The number of hydrogen-bond donors (Lipinski definition) is 2. The van der Waals surface area contributed by atoms with Crippen molar-refractivity contribution in [3.05, 3.63) is 57.1 Å². The second-order valence-corrected chi connectivity index (χ2v) is 15.1. The summed E-state index contributed by atoms with van der Waals surface area (Å²) in [5.41, 5.74) is 2.64. The van der Waals surface area contributed by atoms with Gasteiger partial charge in [0.15, 0.2) is 0 Å². The van der Waals surface area contributed by atoms with E-state index in [4.69, 9.17) is 9.73 Å². The first-order valence-electron chi connectivity index (χ1n) is 15.9. The standard InChI is InChI=1S/C34H46N6O5S/c1-22-8-10-24(18-26(22)23-9-11-25(35-20-23)21-40(44)14-16-45-17-15-40)36-32(43)37-29-27(19-28(46-29)33(2,3)4)30(41)39-13-12-38(7)31(42)34(39,5)6/h8-10,18-20,25H,11-17,21H2,1-7H3,(H2,36,37,43). The van der Waals surface area contributed by atoms with E-state index in [2.05, 4.69) is 37.5 Å². The van der Waals surface area contributed by atoms with Crippen LogP contribution in [0.5, 0.6) is 0 Å². The van der Waals surface area contributed by atoms with Crippen molar-refractivity contribution in [1.82, 2.24) is 9.80 Å². The first-order chi connectivity index (χ1) is 21.6. The number of hydrogen-bond acceptors (Lipinski definition) is 7. The molecule has 0 bridgehead atoms. The Morgan fingerprint density at radius 3 is 2.52 bits per heavy atom. The van der Waals surface area contributed by atoms with E-state index in [1.807, 2.05) is 37.4 Å². The number of piperazine rings is 1. The molecule has 0 saturated carbocycles. The summed E-state index contributed by atoms with van der Waals surface area (Å²) in [6, 6.07) is 6.99. The van der Waals surface area contributed by atoms with Crippen LogP contribution >= 0.6 is 11.3 Å². The Balaban J connectivity index is 1.31. The number of quaternary nitrogens is 1. The van der Waals surface area contributed by atoms with Gasteiger partial charge in [-0.25, -0.2) is 4.79 Å². The maximum absolute atomic E-state index is 13.9. The van der Waals surface area contributed by atoms with Gasteiger partial charge >= 0.3 is 6.03 Å². The number of morpholine rings is 1. The minimum absolute atomic E-state index is 0.0676. The number of allylic oxidation sites excluding steroid dienone is 1. The molecule has 248 valence electrons. The van der Waals surface area contributed by atoms with Crippen LogP contribution in [-0.4, -0.2) is 103 Å². The minimum atomic E-state index is -1.01. The molecule has 12 heteroatoms. The van der Waals surface area contributed by atoms with Crippen molar-refractivity contribution in [3.63, 3.8) is 0 Å². The quantitative estimate of drug-likeness (QED) is 0.326. The number of aliphatic imine (C=N–C) groups is 1. The van der Waals surface area contributed by atoms with E-state index < -0.39 is 11.6 Å². The average molecular weight is 651 g/mol. The Bertz CT molecular complexity index is 1570. The number of carbonyl (C=O) groups excluding carboxylic acids is 3. The third-order valence-electron chi connectivity index (χ3n) is 9.05. The normalized spacial score (nSPS) is 21.2. The fourth-order valence-corrected chi connectivity index (χ4v) is 7.21. The zero-order valence-corrected chi connectivity index (χ0v) is 28.8. The molecular formula is C34H46N6O5S. The maximum Gasteiger partial charge on any atom is 0.324 e. The molecule has 2 fully saturated rings. The predicted octanol–water partition coefficient (Wildman–Crippen LogP) is 5.26. The number of nitrogens with one attached hydrogen (secondary N) is 2. The van der Waals surface area contributed by atoms with Gasteiger partial charge in [0.2, 0.25) is 5.91 Å². The van der Waals surface area contributed by atoms with Gasteiger partial charge < -0.3 is 29.7 Å². The molecule has 0 spiro atoms. The van der Waals surface area contributed by atoms with Crippen LogP contribution in [-0.2, 0) is 14.9 Å². The number of ether oxygens (including phenoxy) is 1. The van der Waals surface area contributed by atoms with Crippen molar-refractivity contribution in [3.8, 4) is 0 Å². The molecule has 46 heavy (non-hydrogen) atoms.